The first kappa shape index (κ1) is 11.9. The maximum atomic E-state index is 6.27. The Morgan fingerprint density at radius 2 is 2.17 bits per heavy atom. The zero-order chi connectivity index (χ0) is 12.7. The number of aromatic nitrogens is 3. The van der Waals surface area contributed by atoms with Crippen molar-refractivity contribution in [3.8, 4) is 0 Å². The molecule has 0 aliphatic carbocycles. The van der Waals surface area contributed by atoms with Gasteiger partial charge in [0.1, 0.15) is 5.15 Å². The van der Waals surface area contributed by atoms with Gasteiger partial charge in [0.15, 0.2) is 11.5 Å². The summed E-state index contributed by atoms with van der Waals surface area (Å²) in [5.74, 6) is 0.974. The van der Waals surface area contributed by atoms with Crippen LogP contribution in [-0.2, 0) is 0 Å². The van der Waals surface area contributed by atoms with Crippen molar-refractivity contribution < 1.29 is 0 Å². The summed E-state index contributed by atoms with van der Waals surface area (Å²) in [6.07, 6.45) is 2.34. The molecule has 0 spiro atoms. The Morgan fingerprint density at radius 3 is 2.94 bits per heavy atom. The first-order valence-electron chi connectivity index (χ1n) is 6.44. The Balaban J connectivity index is 2.09. The van der Waals surface area contributed by atoms with Crippen LogP contribution in [0.25, 0.3) is 5.65 Å². The molecular weight excluding hydrogens is 248 g/mol. The Kier molecular flexibility index (Phi) is 2.99. The van der Waals surface area contributed by atoms with Crippen LogP contribution >= 0.6 is 11.6 Å². The Labute approximate surface area is 112 Å². The van der Waals surface area contributed by atoms with Gasteiger partial charge in [0, 0.05) is 6.04 Å². The van der Waals surface area contributed by atoms with Gasteiger partial charge in [0.05, 0.1) is 6.04 Å². The Bertz CT molecular complexity index is 563. The van der Waals surface area contributed by atoms with E-state index >= 15 is 0 Å². The van der Waals surface area contributed by atoms with Crippen molar-refractivity contribution in [3.63, 3.8) is 0 Å². The second-order valence-electron chi connectivity index (χ2n) is 5.09. The zero-order valence-corrected chi connectivity index (χ0v) is 11.4. The molecule has 2 aromatic heterocycles. The minimum Gasteiger partial charge on any atom is -0.291 e. The highest BCUT2D eigenvalue weighted by molar-refractivity contribution is 6.29. The van der Waals surface area contributed by atoms with Crippen LogP contribution in [0.15, 0.2) is 18.2 Å². The zero-order valence-electron chi connectivity index (χ0n) is 10.7. The molecule has 0 radical (unpaired) electrons. The molecule has 18 heavy (non-hydrogen) atoms. The Morgan fingerprint density at radius 1 is 1.33 bits per heavy atom. The van der Waals surface area contributed by atoms with E-state index in [0.29, 0.717) is 17.2 Å². The molecule has 1 saturated heterocycles. The molecule has 1 unspecified atom stereocenters. The molecule has 1 aliphatic rings. The van der Waals surface area contributed by atoms with Crippen molar-refractivity contribution in [1.82, 2.24) is 19.5 Å². The van der Waals surface area contributed by atoms with Gasteiger partial charge >= 0.3 is 0 Å². The third-order valence-electron chi connectivity index (χ3n) is 3.66. The quantitative estimate of drug-likeness (QED) is 0.782. The van der Waals surface area contributed by atoms with Crippen molar-refractivity contribution in [1.29, 1.82) is 0 Å². The molecule has 1 atom stereocenters. The minimum atomic E-state index is 0.333. The molecular formula is C13H17ClN4. The topological polar surface area (TPSA) is 33.4 Å². The minimum absolute atomic E-state index is 0.333. The molecule has 96 valence electrons. The molecule has 5 heteroatoms. The van der Waals surface area contributed by atoms with Gasteiger partial charge in [0.25, 0.3) is 0 Å². The highest BCUT2D eigenvalue weighted by Crippen LogP contribution is 2.33. The second kappa shape index (κ2) is 4.52. The highest BCUT2D eigenvalue weighted by Gasteiger charge is 2.31. The number of hydrogen-bond acceptors (Lipinski definition) is 3. The van der Waals surface area contributed by atoms with Crippen LogP contribution in [-0.4, -0.2) is 32.1 Å². The van der Waals surface area contributed by atoms with Gasteiger partial charge in [-0.1, -0.05) is 17.7 Å². The van der Waals surface area contributed by atoms with Crippen molar-refractivity contribution in [2.24, 2.45) is 0 Å². The van der Waals surface area contributed by atoms with Crippen LogP contribution in [0.5, 0.6) is 0 Å². The summed E-state index contributed by atoms with van der Waals surface area (Å²) in [5.41, 5.74) is 0.827. The van der Waals surface area contributed by atoms with E-state index in [-0.39, 0.29) is 0 Å². The van der Waals surface area contributed by atoms with Crippen molar-refractivity contribution in [2.45, 2.75) is 38.8 Å². The van der Waals surface area contributed by atoms with Gasteiger partial charge in [0.2, 0.25) is 0 Å². The van der Waals surface area contributed by atoms with Crippen molar-refractivity contribution in [2.75, 3.05) is 6.54 Å². The maximum absolute atomic E-state index is 6.27. The van der Waals surface area contributed by atoms with Crippen molar-refractivity contribution in [3.05, 3.63) is 29.2 Å². The number of rotatable bonds is 2. The smallest absolute Gasteiger partial charge is 0.161 e. The van der Waals surface area contributed by atoms with E-state index in [4.69, 9.17) is 11.6 Å². The molecule has 0 amide bonds. The van der Waals surface area contributed by atoms with Crippen LogP contribution in [0.3, 0.4) is 0 Å². The monoisotopic (exact) mass is 264 g/mol. The van der Waals surface area contributed by atoms with E-state index in [1.165, 1.54) is 6.42 Å². The first-order chi connectivity index (χ1) is 8.68. The lowest BCUT2D eigenvalue weighted by Gasteiger charge is -2.27. The molecule has 0 N–H and O–H groups in total. The molecule has 2 aromatic rings. The average molecular weight is 265 g/mol. The number of hydrogen-bond donors (Lipinski definition) is 0. The fraction of sp³-hybridized carbons (Fsp3) is 0.538. The number of fused-ring (bicyclic) bond motifs is 1. The first-order valence-corrected chi connectivity index (χ1v) is 6.81. The van der Waals surface area contributed by atoms with E-state index in [2.05, 4.69) is 28.9 Å². The molecule has 0 saturated carbocycles. The lowest BCUT2D eigenvalue weighted by atomic mass is 10.2. The summed E-state index contributed by atoms with van der Waals surface area (Å²) in [5, 5.41) is 9.26. The maximum Gasteiger partial charge on any atom is 0.161 e. The summed E-state index contributed by atoms with van der Waals surface area (Å²) >= 11 is 6.27. The molecule has 1 fully saturated rings. The molecule has 0 bridgehead atoms. The van der Waals surface area contributed by atoms with Gasteiger partial charge in [-0.3, -0.25) is 9.30 Å². The van der Waals surface area contributed by atoms with Gasteiger partial charge in [-0.15, -0.1) is 10.2 Å². The average Bonchev–Trinajstić information content (AvgIpc) is 2.94. The predicted octanol–water partition coefficient (Wildman–Crippen LogP) is 2.93. The summed E-state index contributed by atoms with van der Waals surface area (Å²) in [6, 6.07) is 6.59. The molecule has 3 heterocycles. The van der Waals surface area contributed by atoms with Gasteiger partial charge in [-0.2, -0.15) is 0 Å². The van der Waals surface area contributed by atoms with Crippen LogP contribution < -0.4 is 0 Å². The number of nitrogens with zero attached hydrogens (tertiary/aromatic N) is 4. The number of pyridine rings is 1. The SMILES string of the molecule is CC(C)N1CCCC1c1nnc2cccc(Cl)n12. The molecule has 0 aromatic carbocycles. The summed E-state index contributed by atoms with van der Waals surface area (Å²) in [6.45, 7) is 5.58. The summed E-state index contributed by atoms with van der Waals surface area (Å²) < 4.78 is 1.97. The lowest BCUT2D eigenvalue weighted by molar-refractivity contribution is 0.197. The van der Waals surface area contributed by atoms with E-state index in [9.17, 15) is 0 Å². The van der Waals surface area contributed by atoms with Crippen LogP contribution in [0.2, 0.25) is 5.15 Å². The summed E-state index contributed by atoms with van der Waals surface area (Å²) in [4.78, 5) is 2.47. The molecule has 3 rings (SSSR count). The predicted molar refractivity (Wildman–Crippen MR) is 71.8 cm³/mol. The second-order valence-corrected chi connectivity index (χ2v) is 5.48. The van der Waals surface area contributed by atoms with E-state index in [0.717, 1.165) is 24.4 Å². The third kappa shape index (κ3) is 1.80. The highest BCUT2D eigenvalue weighted by atomic mass is 35.5. The van der Waals surface area contributed by atoms with Gasteiger partial charge in [-0.05, 0) is 45.4 Å². The van der Waals surface area contributed by atoms with Gasteiger partial charge < -0.3 is 0 Å². The standard InChI is InChI=1S/C13H17ClN4/c1-9(2)17-8-4-5-10(17)13-16-15-12-7-3-6-11(14)18(12)13/h3,6-7,9-10H,4-5,8H2,1-2H3. The molecule has 1 aliphatic heterocycles. The number of likely N-dealkylation sites (tertiary alicyclic amines) is 1. The van der Waals surface area contributed by atoms with E-state index in [1.54, 1.807) is 0 Å². The van der Waals surface area contributed by atoms with Crippen molar-refractivity contribution >= 4 is 17.2 Å². The van der Waals surface area contributed by atoms with E-state index < -0.39 is 0 Å². The Hall–Kier alpha value is -1.13. The lowest BCUT2D eigenvalue weighted by Crippen LogP contribution is -2.31. The number of halogens is 1. The normalized spacial score (nSPS) is 21.2. The van der Waals surface area contributed by atoms with Gasteiger partial charge in [-0.25, -0.2) is 0 Å². The largest absolute Gasteiger partial charge is 0.291 e. The fourth-order valence-electron chi connectivity index (χ4n) is 2.82. The fourth-order valence-corrected chi connectivity index (χ4v) is 3.07. The van der Waals surface area contributed by atoms with Crippen LogP contribution in [0, 0.1) is 0 Å². The summed E-state index contributed by atoms with van der Waals surface area (Å²) in [7, 11) is 0. The van der Waals surface area contributed by atoms with Crippen LogP contribution in [0.4, 0.5) is 0 Å². The van der Waals surface area contributed by atoms with E-state index in [1.807, 2.05) is 22.6 Å². The van der Waals surface area contributed by atoms with Crippen LogP contribution in [0.1, 0.15) is 38.6 Å². The third-order valence-corrected chi connectivity index (χ3v) is 3.96. The molecule has 4 nitrogen and oxygen atoms in total.